The maximum absolute atomic E-state index is 13.4. The van der Waals surface area contributed by atoms with Gasteiger partial charge in [-0.2, -0.15) is 5.26 Å². The summed E-state index contributed by atoms with van der Waals surface area (Å²) >= 11 is 0. The minimum atomic E-state index is -0.945. The summed E-state index contributed by atoms with van der Waals surface area (Å²) in [7, 11) is 1.11. The summed E-state index contributed by atoms with van der Waals surface area (Å²) in [5.74, 6) is -1.84. The molecule has 0 bridgehead atoms. The third-order valence-electron chi connectivity index (χ3n) is 1.68. The Morgan fingerprint density at radius 2 is 2.29 bits per heavy atom. The van der Waals surface area contributed by atoms with Gasteiger partial charge in [0.15, 0.2) is 5.82 Å². The number of hydrogen-bond donors (Lipinski definition) is 1. The second-order valence-corrected chi connectivity index (χ2v) is 2.49. The van der Waals surface area contributed by atoms with Crippen molar-refractivity contribution in [3.63, 3.8) is 0 Å². The molecule has 4 nitrogen and oxygen atoms in total. The van der Waals surface area contributed by atoms with Crippen LogP contribution in [0.2, 0.25) is 0 Å². The van der Waals surface area contributed by atoms with E-state index in [0.717, 1.165) is 7.11 Å². The van der Waals surface area contributed by atoms with Gasteiger partial charge in [-0.15, -0.1) is 0 Å². The lowest BCUT2D eigenvalue weighted by Crippen LogP contribution is -2.09. The van der Waals surface area contributed by atoms with E-state index in [-0.39, 0.29) is 11.3 Å². The molecule has 1 rings (SSSR count). The minimum Gasteiger partial charge on any atom is -0.465 e. The van der Waals surface area contributed by atoms with E-state index in [1.807, 2.05) is 0 Å². The molecule has 0 aromatic heterocycles. The first-order valence-electron chi connectivity index (χ1n) is 3.68. The number of nitrogens with zero attached hydrogens (tertiary/aromatic N) is 1. The predicted octanol–water partition coefficient (Wildman–Crippen LogP) is 1.07. The quantitative estimate of drug-likeness (QED) is 0.535. The number of hydrogen-bond acceptors (Lipinski definition) is 4. The largest absolute Gasteiger partial charge is 0.465 e. The average molecular weight is 194 g/mol. The molecular formula is C9H7FN2O2. The Morgan fingerprint density at radius 3 is 2.79 bits per heavy atom. The molecule has 2 N–H and O–H groups in total. The summed E-state index contributed by atoms with van der Waals surface area (Å²) in [5, 5.41) is 8.51. The predicted molar refractivity (Wildman–Crippen MR) is 46.9 cm³/mol. The van der Waals surface area contributed by atoms with Crippen molar-refractivity contribution in [2.75, 3.05) is 12.8 Å². The molecule has 0 aliphatic heterocycles. The van der Waals surface area contributed by atoms with Crippen molar-refractivity contribution in [3.8, 4) is 6.07 Å². The molecule has 0 spiro atoms. The summed E-state index contributed by atoms with van der Waals surface area (Å²) in [5.41, 5.74) is 4.69. The van der Waals surface area contributed by atoms with Crippen LogP contribution in [0, 0.1) is 17.1 Å². The molecule has 0 saturated carbocycles. The van der Waals surface area contributed by atoms with Crippen molar-refractivity contribution < 1.29 is 13.9 Å². The molecule has 72 valence electrons. The average Bonchev–Trinajstić information content (AvgIpc) is 2.18. The van der Waals surface area contributed by atoms with Crippen LogP contribution in [-0.4, -0.2) is 13.1 Å². The van der Waals surface area contributed by atoms with E-state index in [1.165, 1.54) is 12.1 Å². The van der Waals surface area contributed by atoms with Crippen molar-refractivity contribution in [3.05, 3.63) is 29.1 Å². The second-order valence-electron chi connectivity index (χ2n) is 2.49. The van der Waals surface area contributed by atoms with Crippen LogP contribution in [0.25, 0.3) is 0 Å². The minimum absolute atomic E-state index is 0.0478. The molecule has 0 saturated heterocycles. The van der Waals surface area contributed by atoms with Crippen LogP contribution < -0.4 is 5.73 Å². The standard InChI is InChI=1S/C9H7FN2O2/c1-14-9(13)7-6(12)3-2-5(4-11)8(7)10/h2-3H,12H2,1H3. The Balaban J connectivity index is 3.42. The highest BCUT2D eigenvalue weighted by Gasteiger charge is 2.18. The highest BCUT2D eigenvalue weighted by Crippen LogP contribution is 2.19. The van der Waals surface area contributed by atoms with Gasteiger partial charge >= 0.3 is 5.97 Å². The molecule has 0 aliphatic carbocycles. The first kappa shape index (κ1) is 9.99. The lowest BCUT2D eigenvalue weighted by molar-refractivity contribution is 0.0596. The molecule has 5 heteroatoms. The van der Waals surface area contributed by atoms with Gasteiger partial charge < -0.3 is 10.5 Å². The third-order valence-corrected chi connectivity index (χ3v) is 1.68. The zero-order valence-electron chi connectivity index (χ0n) is 7.37. The lowest BCUT2D eigenvalue weighted by Gasteiger charge is -2.05. The molecule has 0 unspecified atom stereocenters. The number of nitrogens with two attached hydrogens (primary N) is 1. The number of benzene rings is 1. The van der Waals surface area contributed by atoms with Crippen LogP contribution in [0.1, 0.15) is 15.9 Å². The first-order valence-corrected chi connectivity index (χ1v) is 3.68. The fourth-order valence-electron chi connectivity index (χ4n) is 0.987. The van der Waals surface area contributed by atoms with Gasteiger partial charge in [0, 0.05) is 5.69 Å². The molecule has 14 heavy (non-hydrogen) atoms. The number of nitrogen functional groups attached to an aromatic ring is 1. The van der Waals surface area contributed by atoms with Crippen molar-refractivity contribution in [2.24, 2.45) is 0 Å². The fourth-order valence-corrected chi connectivity index (χ4v) is 0.987. The summed E-state index contributed by atoms with van der Waals surface area (Å²) in [6.07, 6.45) is 0. The number of halogens is 1. The zero-order valence-corrected chi connectivity index (χ0v) is 7.37. The maximum Gasteiger partial charge on any atom is 0.343 e. The Labute approximate surface area is 79.7 Å². The van der Waals surface area contributed by atoms with E-state index in [1.54, 1.807) is 6.07 Å². The summed E-state index contributed by atoms with van der Waals surface area (Å²) in [6.45, 7) is 0. The van der Waals surface area contributed by atoms with Gasteiger partial charge in [0.05, 0.1) is 12.7 Å². The topological polar surface area (TPSA) is 76.1 Å². The highest BCUT2D eigenvalue weighted by molar-refractivity contribution is 5.95. The van der Waals surface area contributed by atoms with Crippen LogP contribution in [0.15, 0.2) is 12.1 Å². The van der Waals surface area contributed by atoms with Crippen LogP contribution in [0.4, 0.5) is 10.1 Å². The van der Waals surface area contributed by atoms with Crippen molar-refractivity contribution in [1.82, 2.24) is 0 Å². The van der Waals surface area contributed by atoms with Crippen LogP contribution in [0.3, 0.4) is 0 Å². The van der Waals surface area contributed by atoms with Gasteiger partial charge in [-0.25, -0.2) is 9.18 Å². The monoisotopic (exact) mass is 194 g/mol. The van der Waals surface area contributed by atoms with Crippen molar-refractivity contribution >= 4 is 11.7 Å². The number of carbonyl (C=O) groups is 1. The van der Waals surface area contributed by atoms with Gasteiger partial charge in [-0.1, -0.05) is 0 Å². The molecule has 0 amide bonds. The van der Waals surface area contributed by atoms with Gasteiger partial charge in [-0.3, -0.25) is 0 Å². The molecule has 0 aliphatic rings. The number of methoxy groups -OCH3 is 1. The number of carbonyl (C=O) groups excluding carboxylic acids is 1. The molecule has 1 aromatic carbocycles. The van der Waals surface area contributed by atoms with Gasteiger partial charge in [0.1, 0.15) is 11.6 Å². The first-order chi connectivity index (χ1) is 6.61. The number of anilines is 1. The van der Waals surface area contributed by atoms with E-state index in [2.05, 4.69) is 4.74 Å². The zero-order chi connectivity index (χ0) is 10.7. The number of esters is 1. The van der Waals surface area contributed by atoms with Crippen molar-refractivity contribution in [1.29, 1.82) is 5.26 Å². The third kappa shape index (κ3) is 1.50. The van der Waals surface area contributed by atoms with E-state index >= 15 is 0 Å². The molecule has 0 heterocycles. The molecule has 1 aromatic rings. The Bertz CT molecular complexity index is 424. The highest BCUT2D eigenvalue weighted by atomic mass is 19.1. The van der Waals surface area contributed by atoms with Crippen LogP contribution in [0.5, 0.6) is 0 Å². The Kier molecular flexibility index (Phi) is 2.67. The van der Waals surface area contributed by atoms with Gasteiger partial charge in [0.2, 0.25) is 0 Å². The summed E-state index contributed by atoms with van der Waals surface area (Å²) < 4.78 is 17.7. The maximum atomic E-state index is 13.4. The van der Waals surface area contributed by atoms with Crippen LogP contribution >= 0.6 is 0 Å². The van der Waals surface area contributed by atoms with E-state index < -0.39 is 17.3 Å². The van der Waals surface area contributed by atoms with E-state index in [4.69, 9.17) is 11.0 Å². The van der Waals surface area contributed by atoms with Crippen LogP contribution in [-0.2, 0) is 4.74 Å². The summed E-state index contributed by atoms with van der Waals surface area (Å²) in [6, 6.07) is 4.09. The lowest BCUT2D eigenvalue weighted by atomic mass is 10.1. The fraction of sp³-hybridized carbons (Fsp3) is 0.111. The molecule has 0 fully saturated rings. The molecular weight excluding hydrogens is 187 g/mol. The normalized spacial score (nSPS) is 9.21. The summed E-state index contributed by atoms with van der Waals surface area (Å²) in [4.78, 5) is 11.1. The molecule has 0 radical (unpaired) electrons. The Hall–Kier alpha value is -2.09. The Morgan fingerprint density at radius 1 is 1.64 bits per heavy atom. The van der Waals surface area contributed by atoms with E-state index in [0.29, 0.717) is 0 Å². The number of nitriles is 1. The smallest absolute Gasteiger partial charge is 0.343 e. The number of ether oxygens (including phenoxy) is 1. The van der Waals surface area contributed by atoms with Gasteiger partial charge in [0.25, 0.3) is 0 Å². The van der Waals surface area contributed by atoms with Crippen molar-refractivity contribution in [2.45, 2.75) is 0 Å². The van der Waals surface area contributed by atoms with E-state index in [9.17, 15) is 9.18 Å². The molecule has 0 atom stereocenters. The number of rotatable bonds is 1. The van der Waals surface area contributed by atoms with Gasteiger partial charge in [-0.05, 0) is 12.1 Å². The SMILES string of the molecule is COC(=O)c1c(N)ccc(C#N)c1F. The second kappa shape index (κ2) is 3.75.